The Labute approximate surface area is 217 Å². The van der Waals surface area contributed by atoms with E-state index in [9.17, 15) is 14.7 Å². The highest BCUT2D eigenvalue weighted by molar-refractivity contribution is 7.07. The maximum atomic E-state index is 13.7. The fraction of sp³-hybridized carbons (Fsp3) is 0.296. The molecule has 1 N–H and O–H groups in total. The molecule has 2 aromatic carbocycles. The van der Waals surface area contributed by atoms with Gasteiger partial charge in [-0.3, -0.25) is 9.36 Å². The van der Waals surface area contributed by atoms with E-state index in [4.69, 9.17) is 18.9 Å². The van der Waals surface area contributed by atoms with E-state index < -0.39 is 12.0 Å². The standard InChI is InChI=1S/C27H28N2O7S/c1-5-35-19-9-7-18(8-10-19)24-23(26(32)36-13-12-33-3)16(2)28-27-29(24)25(31)22(37-27)15-17-6-11-20(30)21(14-17)34-4/h6-11,14-15,24,30H,5,12-13H2,1-4H3/b22-15-. The third-order valence-corrected chi connectivity index (χ3v) is 6.75. The number of rotatable bonds is 9. The fourth-order valence-corrected chi connectivity index (χ4v) is 5.09. The van der Waals surface area contributed by atoms with Crippen LogP contribution >= 0.6 is 11.3 Å². The van der Waals surface area contributed by atoms with Gasteiger partial charge >= 0.3 is 5.97 Å². The molecule has 0 saturated heterocycles. The van der Waals surface area contributed by atoms with Crippen molar-refractivity contribution in [3.63, 3.8) is 0 Å². The minimum Gasteiger partial charge on any atom is -0.504 e. The van der Waals surface area contributed by atoms with Crippen LogP contribution in [0.2, 0.25) is 0 Å². The number of aromatic hydroxyl groups is 1. The number of nitrogens with zero attached hydrogens (tertiary/aromatic N) is 2. The molecule has 1 atom stereocenters. The summed E-state index contributed by atoms with van der Waals surface area (Å²) in [6.07, 6.45) is 1.71. The zero-order chi connectivity index (χ0) is 26.5. The number of carbonyl (C=O) groups excluding carboxylic acids is 1. The van der Waals surface area contributed by atoms with Crippen LogP contribution in [0.4, 0.5) is 0 Å². The monoisotopic (exact) mass is 524 g/mol. The number of phenols is 1. The zero-order valence-electron chi connectivity index (χ0n) is 21.0. The Balaban J connectivity index is 1.86. The second-order valence-electron chi connectivity index (χ2n) is 8.14. The summed E-state index contributed by atoms with van der Waals surface area (Å²) in [4.78, 5) is 31.9. The van der Waals surface area contributed by atoms with Gasteiger partial charge in [-0.2, -0.15) is 0 Å². The van der Waals surface area contributed by atoms with Crippen LogP contribution in [0, 0.1) is 0 Å². The predicted molar refractivity (Wildman–Crippen MR) is 139 cm³/mol. The van der Waals surface area contributed by atoms with Gasteiger partial charge in [-0.25, -0.2) is 9.79 Å². The number of carbonyl (C=O) groups is 1. The lowest BCUT2D eigenvalue weighted by atomic mass is 9.96. The second kappa shape index (κ2) is 11.4. The molecule has 3 aromatic rings. The number of fused-ring (bicyclic) bond motifs is 1. The summed E-state index contributed by atoms with van der Waals surface area (Å²) < 4.78 is 23.1. The highest BCUT2D eigenvalue weighted by Gasteiger charge is 2.33. The van der Waals surface area contributed by atoms with Gasteiger partial charge in [0.25, 0.3) is 5.56 Å². The molecule has 194 valence electrons. The average molecular weight is 525 g/mol. The molecule has 0 amide bonds. The Morgan fingerprint density at radius 3 is 2.59 bits per heavy atom. The number of phenolic OH excluding ortho intramolecular Hbond substituents is 1. The van der Waals surface area contributed by atoms with Gasteiger partial charge in [0.1, 0.15) is 12.4 Å². The van der Waals surface area contributed by atoms with Crippen LogP contribution in [-0.2, 0) is 14.3 Å². The molecule has 0 bridgehead atoms. The molecular weight excluding hydrogens is 496 g/mol. The number of methoxy groups -OCH3 is 2. The van der Waals surface area contributed by atoms with Crippen molar-refractivity contribution in [1.29, 1.82) is 0 Å². The quantitative estimate of drug-likeness (QED) is 0.339. The average Bonchev–Trinajstić information content (AvgIpc) is 3.19. The van der Waals surface area contributed by atoms with Crippen molar-refractivity contribution in [2.75, 3.05) is 34.0 Å². The summed E-state index contributed by atoms with van der Waals surface area (Å²) in [7, 11) is 2.98. The third kappa shape index (κ3) is 5.45. The highest BCUT2D eigenvalue weighted by Crippen LogP contribution is 2.32. The van der Waals surface area contributed by atoms with Crippen molar-refractivity contribution in [2.45, 2.75) is 19.9 Å². The van der Waals surface area contributed by atoms with Gasteiger partial charge in [0.15, 0.2) is 16.3 Å². The molecule has 2 heterocycles. The number of hydrogen-bond donors (Lipinski definition) is 1. The normalized spacial score (nSPS) is 15.2. The molecular formula is C27H28N2O7S. The van der Waals surface area contributed by atoms with Gasteiger partial charge in [-0.15, -0.1) is 0 Å². The first-order valence-electron chi connectivity index (χ1n) is 11.7. The zero-order valence-corrected chi connectivity index (χ0v) is 21.8. The second-order valence-corrected chi connectivity index (χ2v) is 9.15. The number of thiazole rings is 1. The minimum atomic E-state index is -0.738. The van der Waals surface area contributed by atoms with E-state index in [2.05, 4.69) is 4.99 Å². The van der Waals surface area contributed by atoms with E-state index in [0.29, 0.717) is 38.7 Å². The molecule has 0 fully saturated rings. The van der Waals surface area contributed by atoms with Crippen LogP contribution in [0.3, 0.4) is 0 Å². The number of aromatic nitrogens is 1. The topological polar surface area (TPSA) is 109 Å². The Morgan fingerprint density at radius 1 is 1.16 bits per heavy atom. The van der Waals surface area contributed by atoms with E-state index in [1.54, 1.807) is 37.3 Å². The van der Waals surface area contributed by atoms with Gasteiger partial charge in [-0.1, -0.05) is 29.5 Å². The van der Waals surface area contributed by atoms with Gasteiger partial charge in [-0.05, 0) is 55.3 Å². The number of ether oxygens (including phenoxy) is 4. The molecule has 37 heavy (non-hydrogen) atoms. The SMILES string of the molecule is CCOc1ccc(C2C(C(=O)OCCOC)=C(C)N=c3s/c(=C\c4ccc(O)c(OC)c4)c(=O)n32)cc1. The van der Waals surface area contributed by atoms with Crippen molar-refractivity contribution in [3.05, 3.63) is 84.5 Å². The maximum absolute atomic E-state index is 13.7. The molecule has 1 aliphatic rings. The van der Waals surface area contributed by atoms with E-state index in [1.165, 1.54) is 36.2 Å². The molecule has 10 heteroatoms. The maximum Gasteiger partial charge on any atom is 0.338 e. The summed E-state index contributed by atoms with van der Waals surface area (Å²) in [6, 6.07) is 11.4. The van der Waals surface area contributed by atoms with E-state index in [-0.39, 0.29) is 30.1 Å². The summed E-state index contributed by atoms with van der Waals surface area (Å²) in [6.45, 7) is 4.48. The molecule has 1 aromatic heterocycles. The Hall–Kier alpha value is -3.89. The molecule has 1 aliphatic heterocycles. The smallest absolute Gasteiger partial charge is 0.338 e. The van der Waals surface area contributed by atoms with Crippen molar-refractivity contribution in [1.82, 2.24) is 4.57 Å². The number of esters is 1. The number of benzene rings is 2. The van der Waals surface area contributed by atoms with Crippen molar-refractivity contribution >= 4 is 23.4 Å². The largest absolute Gasteiger partial charge is 0.504 e. The summed E-state index contributed by atoms with van der Waals surface area (Å²) >= 11 is 1.22. The van der Waals surface area contributed by atoms with E-state index in [0.717, 1.165) is 5.56 Å². The predicted octanol–water partition coefficient (Wildman–Crippen LogP) is 2.54. The van der Waals surface area contributed by atoms with Gasteiger partial charge in [0, 0.05) is 7.11 Å². The lowest BCUT2D eigenvalue weighted by molar-refractivity contribution is -0.140. The fourth-order valence-electron chi connectivity index (χ4n) is 4.04. The Morgan fingerprint density at radius 2 is 1.92 bits per heavy atom. The Bertz CT molecular complexity index is 1500. The molecule has 0 spiro atoms. The summed E-state index contributed by atoms with van der Waals surface area (Å²) in [5.74, 6) is 0.425. The molecule has 9 nitrogen and oxygen atoms in total. The molecule has 0 aliphatic carbocycles. The lowest BCUT2D eigenvalue weighted by Gasteiger charge is -2.25. The first-order valence-corrected chi connectivity index (χ1v) is 12.5. The number of hydrogen-bond acceptors (Lipinski definition) is 9. The van der Waals surface area contributed by atoms with Gasteiger partial charge < -0.3 is 24.1 Å². The summed E-state index contributed by atoms with van der Waals surface area (Å²) in [5, 5.41) is 9.91. The molecule has 0 radical (unpaired) electrons. The number of allylic oxidation sites excluding steroid dienone is 1. The lowest BCUT2D eigenvalue weighted by Crippen LogP contribution is -2.40. The van der Waals surface area contributed by atoms with E-state index >= 15 is 0 Å². The molecule has 0 saturated carbocycles. The first-order chi connectivity index (χ1) is 17.9. The van der Waals surface area contributed by atoms with Crippen molar-refractivity contribution < 1.29 is 28.8 Å². The van der Waals surface area contributed by atoms with Gasteiger partial charge in [0.2, 0.25) is 0 Å². The van der Waals surface area contributed by atoms with Crippen LogP contribution in [0.25, 0.3) is 6.08 Å². The van der Waals surface area contributed by atoms with E-state index in [1.807, 2.05) is 19.1 Å². The van der Waals surface area contributed by atoms with Crippen LogP contribution in [0.5, 0.6) is 17.2 Å². The molecule has 1 unspecified atom stereocenters. The summed E-state index contributed by atoms with van der Waals surface area (Å²) in [5.41, 5.74) is 1.85. The minimum absolute atomic E-state index is 0.00358. The van der Waals surface area contributed by atoms with Crippen LogP contribution < -0.4 is 24.4 Å². The third-order valence-electron chi connectivity index (χ3n) is 5.77. The highest BCUT2D eigenvalue weighted by atomic mass is 32.1. The van der Waals surface area contributed by atoms with Crippen molar-refractivity contribution in [3.8, 4) is 17.2 Å². The Kier molecular flexibility index (Phi) is 8.10. The van der Waals surface area contributed by atoms with Crippen LogP contribution in [0.15, 0.2) is 63.5 Å². The van der Waals surface area contributed by atoms with Crippen LogP contribution in [-0.4, -0.2) is 49.7 Å². The van der Waals surface area contributed by atoms with Crippen LogP contribution in [0.1, 0.15) is 31.0 Å². The first kappa shape index (κ1) is 26.2. The molecule has 4 rings (SSSR count). The van der Waals surface area contributed by atoms with Crippen molar-refractivity contribution in [2.24, 2.45) is 4.99 Å². The van der Waals surface area contributed by atoms with Gasteiger partial charge in [0.05, 0.1) is 42.2 Å².